The van der Waals surface area contributed by atoms with E-state index in [1.54, 1.807) is 0 Å². The number of carboxylic acids is 2. The summed E-state index contributed by atoms with van der Waals surface area (Å²) in [6, 6.07) is 0. The van der Waals surface area contributed by atoms with Gasteiger partial charge in [-0.3, -0.25) is 9.59 Å². The minimum atomic E-state index is -0.675. The van der Waals surface area contributed by atoms with Crippen molar-refractivity contribution in [2.24, 2.45) is 11.3 Å². The molecule has 0 amide bonds. The van der Waals surface area contributed by atoms with Gasteiger partial charge in [0.25, 0.3) is 0 Å². The van der Waals surface area contributed by atoms with Gasteiger partial charge in [0.05, 0.1) is 0 Å². The monoisotopic (exact) mass is 344 g/mol. The lowest BCUT2D eigenvalue weighted by Gasteiger charge is -2.17. The van der Waals surface area contributed by atoms with Crippen LogP contribution in [0, 0.1) is 11.3 Å². The molecule has 0 saturated carbocycles. The molecule has 0 rings (SSSR count). The first-order valence-corrected chi connectivity index (χ1v) is 9.48. The van der Waals surface area contributed by atoms with Gasteiger partial charge in [-0.1, -0.05) is 73.1 Å². The van der Waals surface area contributed by atoms with Crippen LogP contribution in [0.2, 0.25) is 0 Å². The van der Waals surface area contributed by atoms with Gasteiger partial charge in [-0.05, 0) is 30.6 Å². The predicted octanol–water partition coefficient (Wildman–Crippen LogP) is 6.14. The van der Waals surface area contributed by atoms with Crippen LogP contribution in [0.5, 0.6) is 0 Å². The highest BCUT2D eigenvalue weighted by Gasteiger charge is 2.08. The third-order valence-corrected chi connectivity index (χ3v) is 3.74. The Bertz CT molecular complexity index is 316. The highest BCUT2D eigenvalue weighted by molar-refractivity contribution is 5.66. The van der Waals surface area contributed by atoms with Crippen LogP contribution in [0.25, 0.3) is 0 Å². The van der Waals surface area contributed by atoms with Gasteiger partial charge >= 0.3 is 11.9 Å². The van der Waals surface area contributed by atoms with Gasteiger partial charge in [0.15, 0.2) is 0 Å². The second kappa shape index (κ2) is 15.5. The van der Waals surface area contributed by atoms with Crippen molar-refractivity contribution in [2.45, 2.75) is 105 Å². The van der Waals surface area contributed by atoms with Gasteiger partial charge in [-0.15, -0.1) is 0 Å². The average Bonchev–Trinajstić information content (AvgIpc) is 2.41. The van der Waals surface area contributed by atoms with Gasteiger partial charge in [0, 0.05) is 12.8 Å². The van der Waals surface area contributed by atoms with Crippen molar-refractivity contribution >= 4 is 11.9 Å². The van der Waals surface area contributed by atoms with Crippen LogP contribution in [-0.4, -0.2) is 22.2 Å². The molecule has 0 aliphatic rings. The number of carboxylic acid groups (broad SMARTS) is 2. The zero-order valence-electron chi connectivity index (χ0n) is 16.6. The van der Waals surface area contributed by atoms with E-state index >= 15 is 0 Å². The molecule has 0 heterocycles. The maximum atomic E-state index is 10.2. The number of hydrogen-bond acceptors (Lipinski definition) is 2. The predicted molar refractivity (Wildman–Crippen MR) is 100 cm³/mol. The topological polar surface area (TPSA) is 74.6 Å². The van der Waals surface area contributed by atoms with E-state index in [1.165, 1.54) is 25.7 Å². The molecule has 0 spiro atoms. The van der Waals surface area contributed by atoms with Crippen LogP contribution in [0.3, 0.4) is 0 Å². The standard InChI is InChI=1S/2C10H20O2/c1-10(2,3)8-6-4-5-7-9(11)12;1-9(2)7-5-3-4-6-8-10(11)12/h4-8H2,1-3H3,(H,11,12);9H,3-8H2,1-2H3,(H,11,12). The summed E-state index contributed by atoms with van der Waals surface area (Å²) in [5.74, 6) is -0.561. The summed E-state index contributed by atoms with van der Waals surface area (Å²) in [6.45, 7) is 11.1. The van der Waals surface area contributed by atoms with Gasteiger partial charge in [-0.25, -0.2) is 0 Å². The van der Waals surface area contributed by atoms with E-state index < -0.39 is 11.9 Å². The number of unbranched alkanes of at least 4 members (excludes halogenated alkanes) is 5. The minimum Gasteiger partial charge on any atom is -0.481 e. The first-order chi connectivity index (χ1) is 11.0. The van der Waals surface area contributed by atoms with Crippen molar-refractivity contribution in [3.8, 4) is 0 Å². The van der Waals surface area contributed by atoms with E-state index in [0.29, 0.717) is 18.3 Å². The number of carbonyl (C=O) groups is 2. The van der Waals surface area contributed by atoms with Crippen molar-refractivity contribution in [3.05, 3.63) is 0 Å². The average molecular weight is 345 g/mol. The van der Waals surface area contributed by atoms with Crippen LogP contribution in [0.4, 0.5) is 0 Å². The fraction of sp³-hybridized carbons (Fsp3) is 0.900. The van der Waals surface area contributed by atoms with Crippen molar-refractivity contribution in [3.63, 3.8) is 0 Å². The molecule has 0 unspecified atom stereocenters. The molecule has 0 bridgehead atoms. The number of hydrogen-bond donors (Lipinski definition) is 2. The summed E-state index contributed by atoms with van der Waals surface area (Å²) in [7, 11) is 0. The summed E-state index contributed by atoms with van der Waals surface area (Å²) in [5, 5.41) is 16.7. The maximum absolute atomic E-state index is 10.2. The van der Waals surface area contributed by atoms with Crippen LogP contribution in [-0.2, 0) is 9.59 Å². The summed E-state index contributed by atoms with van der Waals surface area (Å²) in [4.78, 5) is 20.3. The summed E-state index contributed by atoms with van der Waals surface area (Å²) >= 11 is 0. The molecule has 0 aliphatic carbocycles. The highest BCUT2D eigenvalue weighted by atomic mass is 16.4. The molecule has 4 nitrogen and oxygen atoms in total. The Labute approximate surface area is 149 Å². The quantitative estimate of drug-likeness (QED) is 0.417. The van der Waals surface area contributed by atoms with Crippen LogP contribution in [0.15, 0.2) is 0 Å². The second-order valence-corrected chi connectivity index (χ2v) is 8.26. The lowest BCUT2D eigenvalue weighted by atomic mass is 9.89. The van der Waals surface area contributed by atoms with Crippen molar-refractivity contribution < 1.29 is 19.8 Å². The van der Waals surface area contributed by atoms with Gasteiger partial charge in [0.1, 0.15) is 0 Å². The number of rotatable bonds is 12. The molecule has 0 saturated heterocycles. The molecule has 144 valence electrons. The van der Waals surface area contributed by atoms with Gasteiger partial charge < -0.3 is 10.2 Å². The zero-order chi connectivity index (χ0) is 19.0. The molecule has 0 atom stereocenters. The lowest BCUT2D eigenvalue weighted by Crippen LogP contribution is -2.04. The summed E-state index contributed by atoms with van der Waals surface area (Å²) in [5.41, 5.74) is 0.392. The van der Waals surface area contributed by atoms with E-state index in [9.17, 15) is 9.59 Å². The first kappa shape index (κ1) is 25.2. The van der Waals surface area contributed by atoms with E-state index in [0.717, 1.165) is 38.0 Å². The fourth-order valence-corrected chi connectivity index (χ4v) is 2.29. The van der Waals surface area contributed by atoms with Crippen molar-refractivity contribution in [2.75, 3.05) is 0 Å². The van der Waals surface area contributed by atoms with E-state index in [4.69, 9.17) is 10.2 Å². The Balaban J connectivity index is 0. The molecular formula is C20H40O4. The molecule has 0 aromatic rings. The van der Waals surface area contributed by atoms with Crippen LogP contribution in [0.1, 0.15) is 105 Å². The molecule has 4 heteroatoms. The van der Waals surface area contributed by atoms with Crippen molar-refractivity contribution in [1.82, 2.24) is 0 Å². The molecular weight excluding hydrogens is 304 g/mol. The zero-order valence-corrected chi connectivity index (χ0v) is 16.6. The highest BCUT2D eigenvalue weighted by Crippen LogP contribution is 2.22. The molecule has 2 N–H and O–H groups in total. The second-order valence-electron chi connectivity index (χ2n) is 8.26. The Morgan fingerprint density at radius 1 is 0.750 bits per heavy atom. The largest absolute Gasteiger partial charge is 0.481 e. The van der Waals surface area contributed by atoms with E-state index in [-0.39, 0.29) is 0 Å². The maximum Gasteiger partial charge on any atom is 0.303 e. The van der Waals surface area contributed by atoms with Gasteiger partial charge in [0.2, 0.25) is 0 Å². The molecule has 0 fully saturated rings. The Kier molecular flexibility index (Phi) is 16.2. The van der Waals surface area contributed by atoms with Crippen molar-refractivity contribution in [1.29, 1.82) is 0 Å². The van der Waals surface area contributed by atoms with Gasteiger partial charge in [-0.2, -0.15) is 0 Å². The first-order valence-electron chi connectivity index (χ1n) is 9.48. The van der Waals surface area contributed by atoms with Crippen LogP contribution < -0.4 is 0 Å². The van der Waals surface area contributed by atoms with Crippen LogP contribution >= 0.6 is 0 Å². The number of aliphatic carboxylic acids is 2. The molecule has 24 heavy (non-hydrogen) atoms. The third-order valence-electron chi connectivity index (χ3n) is 3.74. The van der Waals surface area contributed by atoms with E-state index in [1.807, 2.05) is 0 Å². The molecule has 0 radical (unpaired) electrons. The molecule has 0 aromatic heterocycles. The Morgan fingerprint density at radius 3 is 1.54 bits per heavy atom. The molecule has 0 aromatic carbocycles. The van der Waals surface area contributed by atoms with E-state index in [2.05, 4.69) is 34.6 Å². The summed E-state index contributed by atoms with van der Waals surface area (Å²) in [6.07, 6.45) is 10.5. The lowest BCUT2D eigenvalue weighted by molar-refractivity contribution is -0.138. The molecule has 0 aliphatic heterocycles. The minimum absolute atomic E-state index is 0.324. The Morgan fingerprint density at radius 2 is 1.17 bits per heavy atom. The SMILES string of the molecule is CC(C)(C)CCCCCC(=O)O.CC(C)CCCCCCC(=O)O. The fourth-order valence-electron chi connectivity index (χ4n) is 2.29. The summed E-state index contributed by atoms with van der Waals surface area (Å²) < 4.78 is 0. The normalized spacial score (nSPS) is 11.1. The Hall–Kier alpha value is -1.06. The smallest absolute Gasteiger partial charge is 0.303 e. The third kappa shape index (κ3) is 29.0.